The van der Waals surface area contributed by atoms with Crippen LogP contribution in [0.2, 0.25) is 0 Å². The lowest BCUT2D eigenvalue weighted by atomic mass is 10.1. The first-order chi connectivity index (χ1) is 20.1. The Kier molecular flexibility index (Phi) is 10.1. The Morgan fingerprint density at radius 3 is 2.21 bits per heavy atom. The van der Waals surface area contributed by atoms with Gasteiger partial charge in [-0.15, -0.1) is 0 Å². The third-order valence-electron chi connectivity index (χ3n) is 7.74. The molecule has 1 N–H and O–H groups in total. The van der Waals surface area contributed by atoms with Gasteiger partial charge in [0.25, 0.3) is 10.0 Å². The molecule has 9 nitrogen and oxygen atoms in total. The van der Waals surface area contributed by atoms with Crippen LogP contribution in [0.25, 0.3) is 0 Å². The van der Waals surface area contributed by atoms with Crippen LogP contribution in [0.4, 0.5) is 5.69 Å². The summed E-state index contributed by atoms with van der Waals surface area (Å²) in [5.74, 6) is -0.125. The predicted molar refractivity (Wildman–Crippen MR) is 162 cm³/mol. The van der Waals surface area contributed by atoms with Gasteiger partial charge in [-0.1, -0.05) is 55.3 Å². The van der Waals surface area contributed by atoms with Crippen molar-refractivity contribution in [1.29, 1.82) is 0 Å². The number of carbonyl (C=O) groups is 2. The first kappa shape index (κ1) is 30.9. The number of rotatable bonds is 12. The summed E-state index contributed by atoms with van der Waals surface area (Å²) in [5, 5.41) is 3.09. The molecule has 2 amide bonds. The van der Waals surface area contributed by atoms with Crippen LogP contribution in [0.1, 0.15) is 43.7 Å². The number of para-hydroxylation sites is 1. The minimum Gasteiger partial charge on any atom is -0.493 e. The van der Waals surface area contributed by atoms with Crippen LogP contribution in [-0.4, -0.2) is 58.0 Å². The normalized spacial score (nSPS) is 14.2. The minimum atomic E-state index is -4.24. The first-order valence-electron chi connectivity index (χ1n) is 14.1. The van der Waals surface area contributed by atoms with Crippen LogP contribution >= 0.6 is 0 Å². The number of anilines is 1. The number of hydrogen-bond acceptors (Lipinski definition) is 6. The van der Waals surface area contributed by atoms with Crippen molar-refractivity contribution >= 4 is 27.5 Å². The van der Waals surface area contributed by atoms with Gasteiger partial charge < -0.3 is 19.7 Å². The molecule has 0 spiro atoms. The molecule has 0 aromatic heterocycles. The zero-order chi connectivity index (χ0) is 30.3. The molecule has 3 aromatic rings. The Hall–Kier alpha value is -4.05. The van der Waals surface area contributed by atoms with Gasteiger partial charge in [0.05, 0.1) is 24.8 Å². The van der Waals surface area contributed by atoms with Gasteiger partial charge in [-0.25, -0.2) is 8.42 Å². The van der Waals surface area contributed by atoms with Gasteiger partial charge in [0.1, 0.15) is 12.6 Å². The van der Waals surface area contributed by atoms with E-state index < -0.39 is 28.5 Å². The molecule has 0 radical (unpaired) electrons. The van der Waals surface area contributed by atoms with Crippen molar-refractivity contribution in [3.8, 4) is 11.5 Å². The highest BCUT2D eigenvalue weighted by molar-refractivity contribution is 7.92. The molecule has 1 aliphatic rings. The van der Waals surface area contributed by atoms with Gasteiger partial charge in [-0.05, 0) is 62.1 Å². The maximum atomic E-state index is 14.1. The van der Waals surface area contributed by atoms with Crippen LogP contribution in [-0.2, 0) is 26.2 Å². The lowest BCUT2D eigenvalue weighted by Crippen LogP contribution is -2.52. The van der Waals surface area contributed by atoms with E-state index in [1.165, 1.54) is 37.3 Å². The molecule has 42 heavy (non-hydrogen) atoms. The molecule has 0 heterocycles. The second kappa shape index (κ2) is 13.7. The summed E-state index contributed by atoms with van der Waals surface area (Å²) in [6.07, 6.45) is 3.95. The van der Waals surface area contributed by atoms with Gasteiger partial charge in [-0.3, -0.25) is 13.9 Å². The average Bonchev–Trinajstić information content (AvgIpc) is 3.52. The topological polar surface area (TPSA) is 105 Å². The van der Waals surface area contributed by atoms with E-state index in [2.05, 4.69) is 5.32 Å². The summed E-state index contributed by atoms with van der Waals surface area (Å²) in [6.45, 7) is 3.28. The fourth-order valence-electron chi connectivity index (χ4n) is 5.17. The highest BCUT2D eigenvalue weighted by Crippen LogP contribution is 2.32. The summed E-state index contributed by atoms with van der Waals surface area (Å²) in [5.41, 5.74) is 2.16. The highest BCUT2D eigenvalue weighted by Gasteiger charge is 2.34. The minimum absolute atomic E-state index is 0.0609. The molecule has 1 fully saturated rings. The number of hydrogen-bond donors (Lipinski definition) is 1. The quantitative estimate of drug-likeness (QED) is 0.327. The molecule has 1 aliphatic carbocycles. The Bertz CT molecular complexity index is 1490. The number of aryl methyl sites for hydroxylation is 1. The number of amides is 2. The molecular formula is C32H39N3O6S. The van der Waals surface area contributed by atoms with Crippen LogP contribution in [0.5, 0.6) is 11.5 Å². The lowest BCUT2D eigenvalue weighted by Gasteiger charge is -2.33. The summed E-state index contributed by atoms with van der Waals surface area (Å²) in [4.78, 5) is 28.9. The molecule has 3 aromatic carbocycles. The Morgan fingerprint density at radius 2 is 1.57 bits per heavy atom. The number of nitrogens with one attached hydrogen (secondary N) is 1. The summed E-state index contributed by atoms with van der Waals surface area (Å²) in [7, 11) is -1.35. The molecule has 224 valence electrons. The second-order valence-electron chi connectivity index (χ2n) is 10.5. The molecule has 0 aliphatic heterocycles. The average molecular weight is 594 g/mol. The summed E-state index contributed by atoms with van der Waals surface area (Å²) in [6, 6.07) is 19.7. The van der Waals surface area contributed by atoms with Crippen molar-refractivity contribution < 1.29 is 27.5 Å². The number of methoxy groups -OCH3 is 2. The smallest absolute Gasteiger partial charge is 0.264 e. The van der Waals surface area contributed by atoms with Crippen molar-refractivity contribution in [1.82, 2.24) is 10.2 Å². The van der Waals surface area contributed by atoms with Gasteiger partial charge in [0.15, 0.2) is 11.5 Å². The fourth-order valence-corrected chi connectivity index (χ4v) is 6.60. The molecule has 1 atom stereocenters. The second-order valence-corrected chi connectivity index (χ2v) is 12.3. The Labute approximate surface area is 248 Å². The standard InChI is InChI=1S/C32H39N3O6S/c1-23-12-8-9-13-25(23)21-34(24(2)32(37)33-26-14-10-11-15-26)31(36)22-35(27-16-6-5-7-17-27)42(38,39)28-18-19-29(40-3)30(20-28)41-4/h5-9,12-13,16-20,24,26H,10-11,14-15,21-22H2,1-4H3,(H,33,37)/t24-/m1/s1. The van der Waals surface area contributed by atoms with E-state index in [9.17, 15) is 18.0 Å². The van der Waals surface area contributed by atoms with Crippen molar-refractivity contribution in [3.63, 3.8) is 0 Å². The monoisotopic (exact) mass is 593 g/mol. The van der Waals surface area contributed by atoms with Crippen molar-refractivity contribution in [2.45, 2.75) is 63.1 Å². The zero-order valence-electron chi connectivity index (χ0n) is 24.6. The molecule has 1 saturated carbocycles. The van der Waals surface area contributed by atoms with Gasteiger partial charge in [0, 0.05) is 18.7 Å². The van der Waals surface area contributed by atoms with Gasteiger partial charge in [-0.2, -0.15) is 0 Å². The van der Waals surface area contributed by atoms with Crippen molar-refractivity contribution in [2.24, 2.45) is 0 Å². The summed E-state index contributed by atoms with van der Waals surface area (Å²) >= 11 is 0. The summed E-state index contributed by atoms with van der Waals surface area (Å²) < 4.78 is 39.9. The number of nitrogens with zero attached hydrogens (tertiary/aromatic N) is 2. The third kappa shape index (κ3) is 7.05. The van der Waals surface area contributed by atoms with E-state index in [0.29, 0.717) is 11.4 Å². The van der Waals surface area contributed by atoms with E-state index in [4.69, 9.17) is 9.47 Å². The van der Waals surface area contributed by atoms with Crippen LogP contribution in [0.15, 0.2) is 77.7 Å². The number of ether oxygens (including phenoxy) is 2. The SMILES string of the molecule is COc1ccc(S(=O)(=O)N(CC(=O)N(Cc2ccccc2C)[C@H](C)C(=O)NC2CCCC2)c2ccccc2)cc1OC. The van der Waals surface area contributed by atoms with Gasteiger partial charge in [0.2, 0.25) is 11.8 Å². The maximum absolute atomic E-state index is 14.1. The number of benzene rings is 3. The van der Waals surface area contributed by atoms with Crippen LogP contribution in [0.3, 0.4) is 0 Å². The van der Waals surface area contributed by atoms with Crippen molar-refractivity contribution in [2.75, 3.05) is 25.1 Å². The number of carbonyl (C=O) groups excluding carboxylic acids is 2. The third-order valence-corrected chi connectivity index (χ3v) is 9.51. The lowest BCUT2D eigenvalue weighted by molar-refractivity contribution is -0.139. The molecule has 10 heteroatoms. The molecular weight excluding hydrogens is 554 g/mol. The van der Waals surface area contributed by atoms with Crippen molar-refractivity contribution in [3.05, 3.63) is 83.9 Å². The molecule has 0 saturated heterocycles. The largest absolute Gasteiger partial charge is 0.493 e. The number of sulfonamides is 1. The predicted octanol–water partition coefficient (Wildman–Crippen LogP) is 4.68. The first-order valence-corrected chi connectivity index (χ1v) is 15.5. The van der Waals surface area contributed by atoms with Gasteiger partial charge >= 0.3 is 0 Å². The fraction of sp³-hybridized carbons (Fsp3) is 0.375. The van der Waals surface area contributed by atoms with E-state index >= 15 is 0 Å². The maximum Gasteiger partial charge on any atom is 0.264 e. The van der Waals surface area contributed by atoms with Crippen LogP contribution < -0.4 is 19.1 Å². The van der Waals surface area contributed by atoms with Crippen LogP contribution in [0, 0.1) is 6.92 Å². The molecule has 0 unspecified atom stereocenters. The molecule has 0 bridgehead atoms. The Morgan fingerprint density at radius 1 is 0.929 bits per heavy atom. The van der Waals surface area contributed by atoms with E-state index in [0.717, 1.165) is 41.1 Å². The molecule has 4 rings (SSSR count). The van der Waals surface area contributed by atoms with E-state index in [1.54, 1.807) is 37.3 Å². The van der Waals surface area contributed by atoms with E-state index in [1.807, 2.05) is 31.2 Å². The Balaban J connectivity index is 1.70. The zero-order valence-corrected chi connectivity index (χ0v) is 25.4. The van der Waals surface area contributed by atoms with E-state index in [-0.39, 0.29) is 29.1 Å². The highest BCUT2D eigenvalue weighted by atomic mass is 32.2.